The van der Waals surface area contributed by atoms with E-state index in [1.54, 1.807) is 17.8 Å². The standard InChI is InChI=1S/C14H19F3N2O2S/c1-22-6-5-12(19-13(20)21)9-18-8-10-3-2-4-11(7-10)14(15,16)17/h2-4,7,12,18-19H,5-6,8-9H2,1H3,(H,20,21)/p-1. The molecule has 0 radical (unpaired) electrons. The second-order valence-corrected chi connectivity index (χ2v) is 5.72. The van der Waals surface area contributed by atoms with Crippen LogP contribution in [0.3, 0.4) is 0 Å². The van der Waals surface area contributed by atoms with Gasteiger partial charge in [-0.2, -0.15) is 24.9 Å². The number of nitrogens with one attached hydrogen (secondary N) is 2. The van der Waals surface area contributed by atoms with E-state index < -0.39 is 17.8 Å². The van der Waals surface area contributed by atoms with Crippen molar-refractivity contribution >= 4 is 17.9 Å². The summed E-state index contributed by atoms with van der Waals surface area (Å²) in [5, 5.41) is 15.8. The number of amides is 1. The van der Waals surface area contributed by atoms with Crippen molar-refractivity contribution in [1.29, 1.82) is 0 Å². The zero-order chi connectivity index (χ0) is 16.6. The van der Waals surface area contributed by atoms with Gasteiger partial charge in [0.25, 0.3) is 0 Å². The van der Waals surface area contributed by atoms with Gasteiger partial charge in [-0.05, 0) is 30.1 Å². The molecular weight excluding hydrogens is 317 g/mol. The van der Waals surface area contributed by atoms with E-state index in [1.807, 2.05) is 6.26 Å². The third-order valence-electron chi connectivity index (χ3n) is 2.97. The first kappa shape index (κ1) is 18.6. The molecule has 2 N–H and O–H groups in total. The van der Waals surface area contributed by atoms with Crippen molar-refractivity contribution in [2.45, 2.75) is 25.2 Å². The van der Waals surface area contributed by atoms with Crippen LogP contribution in [-0.2, 0) is 12.7 Å². The number of halogens is 3. The smallest absolute Gasteiger partial charge is 0.416 e. The van der Waals surface area contributed by atoms with E-state index in [-0.39, 0.29) is 12.6 Å². The Bertz CT molecular complexity index is 483. The van der Waals surface area contributed by atoms with Crippen molar-refractivity contribution < 1.29 is 23.1 Å². The molecule has 0 aliphatic carbocycles. The van der Waals surface area contributed by atoms with Crippen LogP contribution >= 0.6 is 11.8 Å². The number of carbonyl (C=O) groups is 1. The molecule has 0 spiro atoms. The lowest BCUT2D eigenvalue weighted by molar-refractivity contribution is -0.251. The molecule has 1 amide bonds. The number of alkyl halides is 3. The highest BCUT2D eigenvalue weighted by molar-refractivity contribution is 7.98. The van der Waals surface area contributed by atoms with Crippen molar-refractivity contribution in [3.63, 3.8) is 0 Å². The maximum absolute atomic E-state index is 12.6. The minimum Gasteiger partial charge on any atom is -0.530 e. The van der Waals surface area contributed by atoms with Crippen molar-refractivity contribution in [2.24, 2.45) is 0 Å². The fourth-order valence-electron chi connectivity index (χ4n) is 1.90. The largest absolute Gasteiger partial charge is 0.530 e. The van der Waals surface area contributed by atoms with Crippen LogP contribution in [0.15, 0.2) is 24.3 Å². The molecule has 0 saturated carbocycles. The summed E-state index contributed by atoms with van der Waals surface area (Å²) >= 11 is 1.59. The van der Waals surface area contributed by atoms with E-state index in [1.165, 1.54) is 6.07 Å². The maximum Gasteiger partial charge on any atom is 0.416 e. The molecule has 0 saturated heterocycles. The van der Waals surface area contributed by atoms with Crippen LogP contribution in [0.2, 0.25) is 0 Å². The summed E-state index contributed by atoms with van der Waals surface area (Å²) in [6.07, 6.45) is -3.20. The number of hydrogen-bond acceptors (Lipinski definition) is 4. The van der Waals surface area contributed by atoms with Gasteiger partial charge < -0.3 is 20.5 Å². The molecule has 1 atom stereocenters. The van der Waals surface area contributed by atoms with Crippen molar-refractivity contribution in [3.05, 3.63) is 35.4 Å². The van der Waals surface area contributed by atoms with Gasteiger partial charge in [-0.1, -0.05) is 18.2 Å². The summed E-state index contributed by atoms with van der Waals surface area (Å²) in [5.41, 5.74) is -0.203. The Morgan fingerprint density at radius 1 is 1.41 bits per heavy atom. The number of thioether (sulfide) groups is 1. The van der Waals surface area contributed by atoms with Crippen molar-refractivity contribution in [1.82, 2.24) is 10.6 Å². The Morgan fingerprint density at radius 2 is 2.14 bits per heavy atom. The first-order chi connectivity index (χ1) is 10.3. The Balaban J connectivity index is 2.52. The van der Waals surface area contributed by atoms with Crippen LogP contribution in [0.4, 0.5) is 18.0 Å². The maximum atomic E-state index is 12.6. The second kappa shape index (κ2) is 8.89. The van der Waals surface area contributed by atoms with Gasteiger partial charge in [0.1, 0.15) is 6.09 Å². The first-order valence-electron chi connectivity index (χ1n) is 6.66. The Hall–Kier alpha value is -1.41. The lowest BCUT2D eigenvalue weighted by Crippen LogP contribution is -2.47. The van der Waals surface area contributed by atoms with E-state index in [9.17, 15) is 23.1 Å². The molecule has 1 aromatic carbocycles. The van der Waals surface area contributed by atoms with Crippen molar-refractivity contribution in [3.8, 4) is 0 Å². The van der Waals surface area contributed by atoms with Gasteiger partial charge >= 0.3 is 6.18 Å². The number of carbonyl (C=O) groups excluding carboxylic acids is 1. The van der Waals surface area contributed by atoms with E-state index in [0.29, 0.717) is 18.5 Å². The monoisotopic (exact) mass is 335 g/mol. The third-order valence-corrected chi connectivity index (χ3v) is 3.61. The first-order valence-corrected chi connectivity index (χ1v) is 8.05. The molecule has 124 valence electrons. The van der Waals surface area contributed by atoms with Gasteiger partial charge in [-0.3, -0.25) is 0 Å². The lowest BCUT2D eigenvalue weighted by atomic mass is 10.1. The zero-order valence-electron chi connectivity index (χ0n) is 12.1. The molecule has 0 aromatic heterocycles. The normalized spacial score (nSPS) is 12.9. The van der Waals surface area contributed by atoms with E-state index in [4.69, 9.17) is 0 Å². The molecular formula is C14H18F3N2O2S-. The molecule has 0 aliphatic heterocycles. The molecule has 1 aromatic rings. The SMILES string of the molecule is CSCCC(CNCc1cccc(C(F)(F)F)c1)NC(=O)[O-]. The van der Waals surface area contributed by atoms with Gasteiger partial charge in [-0.25, -0.2) is 0 Å². The van der Waals surface area contributed by atoms with Crippen LogP contribution in [0.1, 0.15) is 17.5 Å². The van der Waals surface area contributed by atoms with Crippen LogP contribution in [-0.4, -0.2) is 30.7 Å². The molecule has 22 heavy (non-hydrogen) atoms. The highest BCUT2D eigenvalue weighted by atomic mass is 32.2. The molecule has 0 heterocycles. The highest BCUT2D eigenvalue weighted by Gasteiger charge is 2.30. The Kier molecular flexibility index (Phi) is 7.53. The van der Waals surface area contributed by atoms with Gasteiger partial charge in [-0.15, -0.1) is 0 Å². The summed E-state index contributed by atoms with van der Waals surface area (Å²) in [6.45, 7) is 0.555. The average molecular weight is 335 g/mol. The molecule has 4 nitrogen and oxygen atoms in total. The minimum absolute atomic E-state index is 0.231. The number of carboxylic acid groups (broad SMARTS) is 1. The number of benzene rings is 1. The third kappa shape index (κ3) is 7.04. The molecule has 8 heteroatoms. The molecule has 1 rings (SSSR count). The van der Waals surface area contributed by atoms with E-state index in [0.717, 1.165) is 17.9 Å². The predicted molar refractivity (Wildman–Crippen MR) is 78.5 cm³/mol. The quantitative estimate of drug-likeness (QED) is 0.761. The van der Waals surface area contributed by atoms with Crippen molar-refractivity contribution in [2.75, 3.05) is 18.6 Å². The minimum atomic E-state index is -4.37. The zero-order valence-corrected chi connectivity index (χ0v) is 12.9. The summed E-state index contributed by atoms with van der Waals surface area (Å²) in [5.74, 6) is 0.774. The summed E-state index contributed by atoms with van der Waals surface area (Å²) < 4.78 is 37.8. The topological polar surface area (TPSA) is 64.2 Å². The fraction of sp³-hybridized carbons (Fsp3) is 0.500. The van der Waals surface area contributed by atoms with Crippen LogP contribution in [0.25, 0.3) is 0 Å². The Morgan fingerprint density at radius 3 is 2.73 bits per heavy atom. The fourth-order valence-corrected chi connectivity index (χ4v) is 2.42. The van der Waals surface area contributed by atoms with Gasteiger partial charge in [0, 0.05) is 19.1 Å². The molecule has 0 fully saturated rings. The van der Waals surface area contributed by atoms with E-state index >= 15 is 0 Å². The summed E-state index contributed by atoms with van der Waals surface area (Å²) in [7, 11) is 0. The predicted octanol–water partition coefficient (Wildman–Crippen LogP) is 1.85. The lowest BCUT2D eigenvalue weighted by Gasteiger charge is -2.20. The molecule has 0 bridgehead atoms. The van der Waals surface area contributed by atoms with Gasteiger partial charge in [0.2, 0.25) is 0 Å². The summed E-state index contributed by atoms with van der Waals surface area (Å²) in [6, 6.07) is 4.71. The van der Waals surface area contributed by atoms with Gasteiger partial charge in [0.05, 0.1) is 5.56 Å². The molecule has 1 unspecified atom stereocenters. The van der Waals surface area contributed by atoms with Crippen LogP contribution < -0.4 is 15.7 Å². The average Bonchev–Trinajstić information content (AvgIpc) is 2.43. The van der Waals surface area contributed by atoms with E-state index in [2.05, 4.69) is 10.6 Å². The number of rotatable bonds is 8. The molecule has 0 aliphatic rings. The number of hydrogen-bond donors (Lipinski definition) is 2. The second-order valence-electron chi connectivity index (χ2n) is 4.74. The highest BCUT2D eigenvalue weighted by Crippen LogP contribution is 2.29. The van der Waals surface area contributed by atoms with Gasteiger partial charge in [0.15, 0.2) is 0 Å². The Labute approximate surface area is 131 Å². The summed E-state index contributed by atoms with van der Waals surface area (Å²) in [4.78, 5) is 10.6. The van der Waals surface area contributed by atoms with Crippen LogP contribution in [0.5, 0.6) is 0 Å². The van der Waals surface area contributed by atoms with Crippen LogP contribution in [0, 0.1) is 0 Å².